The van der Waals surface area contributed by atoms with E-state index in [1.807, 2.05) is 48.5 Å². The molecule has 0 heterocycles. The summed E-state index contributed by atoms with van der Waals surface area (Å²) in [5.74, 6) is -9.65. The maximum Gasteiger partial charge on any atom is 0.208 e. The molecule has 0 atom stereocenters. The first-order valence-electron chi connectivity index (χ1n) is 17.2. The zero-order chi connectivity index (χ0) is 39.2. The van der Waals surface area contributed by atoms with Crippen LogP contribution >= 0.6 is 0 Å². The van der Waals surface area contributed by atoms with Gasteiger partial charge in [-0.15, -0.1) is 0 Å². The molecule has 0 radical (unpaired) electrons. The summed E-state index contributed by atoms with van der Waals surface area (Å²) in [6.45, 7) is 0. The Balaban J connectivity index is 1.36. The third-order valence-electron chi connectivity index (χ3n) is 10.3. The number of anilines is 6. The minimum atomic E-state index is -1.08. The Bertz CT molecular complexity index is 2760. The number of hydrogen-bond acceptors (Lipinski definition) is 12. The summed E-state index contributed by atoms with van der Waals surface area (Å²) < 4.78 is 0. The van der Waals surface area contributed by atoms with Crippen LogP contribution in [0.4, 0.5) is 34.1 Å². The van der Waals surface area contributed by atoms with Gasteiger partial charge in [-0.3, -0.25) is 0 Å². The van der Waals surface area contributed by atoms with Crippen LogP contribution in [-0.4, -0.2) is 51.1 Å². The van der Waals surface area contributed by atoms with Crippen molar-refractivity contribution in [2.24, 2.45) is 0 Å². The molecule has 0 aromatic heterocycles. The maximum absolute atomic E-state index is 11.2. The predicted molar refractivity (Wildman–Crippen MR) is 214 cm³/mol. The van der Waals surface area contributed by atoms with Gasteiger partial charge in [0.1, 0.15) is 11.4 Å². The predicted octanol–water partition coefficient (Wildman–Crippen LogP) is 9.73. The summed E-state index contributed by atoms with van der Waals surface area (Å²) >= 11 is 0. The van der Waals surface area contributed by atoms with Gasteiger partial charge in [0.05, 0.1) is 11.4 Å². The van der Waals surface area contributed by atoms with Gasteiger partial charge in [-0.2, -0.15) is 0 Å². The third kappa shape index (κ3) is 4.59. The zero-order valence-corrected chi connectivity index (χ0v) is 28.9. The topological polar surface area (TPSA) is 209 Å². The molecule has 0 saturated heterocycles. The molecule has 9 aromatic rings. The van der Waals surface area contributed by atoms with Gasteiger partial charge in [-0.1, -0.05) is 84.9 Å². The largest absolute Gasteiger partial charge is 0.503 e. The van der Waals surface area contributed by atoms with Gasteiger partial charge >= 0.3 is 0 Å². The highest BCUT2D eigenvalue weighted by Gasteiger charge is 2.32. The molecule has 0 fully saturated rings. The Morgan fingerprint density at radius 1 is 0.250 bits per heavy atom. The fourth-order valence-corrected chi connectivity index (χ4v) is 7.77. The number of hydrogen-bond donors (Lipinski definition) is 10. The second-order valence-corrected chi connectivity index (χ2v) is 13.2. The monoisotopic (exact) mass is 746 g/mol. The van der Waals surface area contributed by atoms with Gasteiger partial charge in [0, 0.05) is 22.1 Å². The van der Waals surface area contributed by atoms with Crippen LogP contribution in [0, 0.1) is 0 Å². The molecule has 0 spiro atoms. The average Bonchev–Trinajstić information content (AvgIpc) is 3.23. The van der Waals surface area contributed by atoms with Crippen LogP contribution in [0.3, 0.4) is 0 Å². The Kier molecular flexibility index (Phi) is 7.35. The van der Waals surface area contributed by atoms with Gasteiger partial charge in [-0.25, -0.2) is 0 Å². The molecule has 56 heavy (non-hydrogen) atoms. The molecule has 0 bridgehead atoms. The lowest BCUT2D eigenvalue weighted by Gasteiger charge is -2.30. The molecule has 0 amide bonds. The first-order valence-corrected chi connectivity index (χ1v) is 17.2. The van der Waals surface area contributed by atoms with Crippen molar-refractivity contribution in [2.45, 2.75) is 0 Å². The molecule has 0 aliphatic rings. The normalized spacial score (nSPS) is 11.6. The van der Waals surface area contributed by atoms with E-state index in [1.165, 1.54) is 9.80 Å². The summed E-state index contributed by atoms with van der Waals surface area (Å²) in [6, 6.07) is 36.0. The molecular weight excluding hydrogens is 716 g/mol. The maximum atomic E-state index is 11.2. The summed E-state index contributed by atoms with van der Waals surface area (Å²) in [5.41, 5.74) is 1.06. The first kappa shape index (κ1) is 33.7. The third-order valence-corrected chi connectivity index (χ3v) is 10.3. The van der Waals surface area contributed by atoms with Gasteiger partial charge < -0.3 is 60.9 Å². The van der Waals surface area contributed by atoms with Crippen LogP contribution < -0.4 is 9.80 Å². The van der Waals surface area contributed by atoms with E-state index in [0.29, 0.717) is 33.5 Å². The summed E-state index contributed by atoms with van der Waals surface area (Å²) in [7, 11) is 0. The van der Waals surface area contributed by atoms with E-state index in [1.54, 1.807) is 72.8 Å². The van der Waals surface area contributed by atoms with Crippen molar-refractivity contribution in [1.29, 1.82) is 0 Å². The number of aromatic hydroxyl groups is 10. The second kappa shape index (κ2) is 12.2. The number of phenols is 10. The van der Waals surface area contributed by atoms with Crippen molar-refractivity contribution >= 4 is 77.2 Å². The Hall–Kier alpha value is -8.12. The fourth-order valence-electron chi connectivity index (χ4n) is 7.77. The Morgan fingerprint density at radius 2 is 0.536 bits per heavy atom. The molecule has 276 valence electrons. The van der Waals surface area contributed by atoms with Crippen molar-refractivity contribution in [2.75, 3.05) is 9.80 Å². The van der Waals surface area contributed by atoms with E-state index in [2.05, 4.69) is 0 Å². The summed E-state index contributed by atoms with van der Waals surface area (Å²) in [6.07, 6.45) is 0. The number of nitrogens with zero attached hydrogens (tertiary/aromatic N) is 2. The molecule has 0 saturated carbocycles. The number of para-hydroxylation sites is 2. The van der Waals surface area contributed by atoms with Crippen LogP contribution in [0.15, 0.2) is 121 Å². The van der Waals surface area contributed by atoms with E-state index >= 15 is 0 Å². The van der Waals surface area contributed by atoms with Crippen LogP contribution in [0.2, 0.25) is 0 Å². The molecule has 12 nitrogen and oxygen atoms in total. The van der Waals surface area contributed by atoms with E-state index < -0.39 is 57.5 Å². The van der Waals surface area contributed by atoms with Gasteiger partial charge in [0.25, 0.3) is 0 Å². The van der Waals surface area contributed by atoms with Crippen LogP contribution in [0.25, 0.3) is 43.1 Å². The van der Waals surface area contributed by atoms with Crippen molar-refractivity contribution in [1.82, 2.24) is 0 Å². The fraction of sp³-hybridized carbons (Fsp3) is 0. The molecule has 10 N–H and O–H groups in total. The van der Waals surface area contributed by atoms with E-state index in [9.17, 15) is 51.1 Å². The molecule has 9 aromatic carbocycles. The molecular formula is C44H30N2O10. The lowest BCUT2D eigenvalue weighted by molar-refractivity contribution is 0.329. The quantitative estimate of drug-likeness (QED) is 0.0334. The highest BCUT2D eigenvalue weighted by molar-refractivity contribution is 6.35. The average molecular weight is 747 g/mol. The number of phenolic OH excluding ortho intramolecular Hbond substituents is 10. The van der Waals surface area contributed by atoms with Crippen molar-refractivity contribution < 1.29 is 51.1 Å². The van der Waals surface area contributed by atoms with Gasteiger partial charge in [0.2, 0.25) is 34.5 Å². The summed E-state index contributed by atoms with van der Waals surface area (Å²) in [4.78, 5) is 2.95. The van der Waals surface area contributed by atoms with E-state index in [-0.39, 0.29) is 11.4 Å². The molecule has 0 aliphatic heterocycles. The highest BCUT2D eigenvalue weighted by atomic mass is 16.4. The zero-order valence-electron chi connectivity index (χ0n) is 28.9. The standard InChI is InChI=1S/C44H30N2O10/c47-35-33(36(48)40(52)43(55)39(35)51)45(21-9-3-1-4-10-21)29-19-17-25-24-14-8-16-28-30(20-18-26(32(24)28)23-13-7-15-27(29)31(23)25)46(22-11-5-2-6-12-22)34-37(49)41(53)44(56)42(54)38(34)50/h1-20,47-56H. The van der Waals surface area contributed by atoms with Crippen LogP contribution in [0.1, 0.15) is 0 Å². The molecule has 12 heteroatoms. The number of benzene rings is 9. The van der Waals surface area contributed by atoms with Crippen molar-refractivity contribution in [3.63, 3.8) is 0 Å². The van der Waals surface area contributed by atoms with Crippen molar-refractivity contribution in [3.8, 4) is 57.5 Å². The highest BCUT2D eigenvalue weighted by Crippen LogP contribution is 2.61. The second-order valence-electron chi connectivity index (χ2n) is 13.2. The number of rotatable bonds is 6. The Morgan fingerprint density at radius 3 is 0.875 bits per heavy atom. The first-order chi connectivity index (χ1) is 27.0. The minimum Gasteiger partial charge on any atom is -0.503 e. The molecule has 0 aliphatic carbocycles. The minimum absolute atomic E-state index is 0.369. The molecule has 0 unspecified atom stereocenters. The van der Waals surface area contributed by atoms with Gasteiger partial charge in [0.15, 0.2) is 23.0 Å². The van der Waals surface area contributed by atoms with Gasteiger partial charge in [-0.05, 0) is 68.7 Å². The Labute approximate surface area is 316 Å². The summed E-state index contributed by atoms with van der Waals surface area (Å²) in [5, 5.41) is 114. The van der Waals surface area contributed by atoms with Crippen molar-refractivity contribution in [3.05, 3.63) is 121 Å². The lowest BCUT2D eigenvalue weighted by Crippen LogP contribution is -2.12. The van der Waals surface area contributed by atoms with Crippen LogP contribution in [-0.2, 0) is 0 Å². The van der Waals surface area contributed by atoms with E-state index in [0.717, 1.165) is 32.3 Å². The molecule has 9 rings (SSSR count). The lowest BCUT2D eigenvalue weighted by atomic mass is 9.88. The SMILES string of the molecule is Oc1c(O)c(O)c(N(c2ccccc2)c2ccc3c4cccc5c(N(c6ccccc6)c6c(O)c(O)c(O)c(O)c6O)ccc(c6cccc2c63)c54)c(O)c1O. The number of fused-ring (bicyclic) bond motifs is 2. The van der Waals surface area contributed by atoms with E-state index in [4.69, 9.17) is 0 Å². The van der Waals surface area contributed by atoms with Crippen LogP contribution in [0.5, 0.6) is 57.5 Å². The smallest absolute Gasteiger partial charge is 0.208 e.